The van der Waals surface area contributed by atoms with Crippen LogP contribution in [-0.4, -0.2) is 54.7 Å². The normalized spacial score (nSPS) is 20.2. The van der Waals surface area contributed by atoms with Crippen molar-refractivity contribution in [3.63, 3.8) is 0 Å². The molecule has 2 atom stereocenters. The topological polar surface area (TPSA) is 95.7 Å². The van der Waals surface area contributed by atoms with Crippen molar-refractivity contribution in [1.29, 1.82) is 0 Å². The number of aromatic amines is 1. The minimum atomic E-state index is -0.435. The van der Waals surface area contributed by atoms with Crippen LogP contribution in [0.25, 0.3) is 10.9 Å². The van der Waals surface area contributed by atoms with E-state index >= 15 is 0 Å². The molecule has 2 amide bonds. The Morgan fingerprint density at radius 2 is 2.00 bits per heavy atom. The summed E-state index contributed by atoms with van der Waals surface area (Å²) in [5.41, 5.74) is 3.12. The number of amides is 2. The van der Waals surface area contributed by atoms with Crippen LogP contribution < -0.4 is 10.6 Å². The number of rotatable bonds is 10. The number of benzene rings is 1. The summed E-state index contributed by atoms with van der Waals surface area (Å²) < 4.78 is 25.4. The molecule has 2 aromatic rings. The monoisotopic (exact) mass is 582 g/mol. The van der Waals surface area contributed by atoms with Gasteiger partial charge in [0.2, 0.25) is 5.91 Å². The maximum absolute atomic E-state index is 13.5. The van der Waals surface area contributed by atoms with Gasteiger partial charge in [-0.05, 0) is 61.4 Å². The van der Waals surface area contributed by atoms with Crippen LogP contribution >= 0.6 is 11.6 Å². The number of carbonyl (C=O) groups is 2. The molecule has 3 aliphatic rings. The summed E-state index contributed by atoms with van der Waals surface area (Å²) in [6.07, 6.45) is 11.3. The van der Waals surface area contributed by atoms with E-state index in [0.29, 0.717) is 56.3 Å². The standard InChI is InChI=1S/C31H36ClFN4O4/c1-20(38)35-15-14-34-13-3-17-40-25-5-2-4-21(18-25)30-29-26(27-19-22(32)6-11-28(27)36-29)12-16-37(30)31(39)41-24-9-7-23(33)8-10-24/h2,4-7,9,11,19,21,30,34,36H,3,8,10,12-18H2,1H3,(H,35,38). The number of hydrogen-bond donors (Lipinski definition) is 3. The Balaban J connectivity index is 1.28. The molecule has 3 N–H and O–H groups in total. The molecule has 0 saturated carbocycles. The molecule has 41 heavy (non-hydrogen) atoms. The molecule has 0 fully saturated rings. The van der Waals surface area contributed by atoms with E-state index in [-0.39, 0.29) is 30.1 Å². The van der Waals surface area contributed by atoms with E-state index in [9.17, 15) is 14.0 Å². The second-order valence-electron chi connectivity index (χ2n) is 10.5. The van der Waals surface area contributed by atoms with Gasteiger partial charge in [0.15, 0.2) is 0 Å². The van der Waals surface area contributed by atoms with E-state index in [0.717, 1.165) is 40.9 Å². The van der Waals surface area contributed by atoms with Crippen molar-refractivity contribution in [2.45, 2.75) is 45.1 Å². The second-order valence-corrected chi connectivity index (χ2v) is 11.0. The van der Waals surface area contributed by atoms with Crippen molar-refractivity contribution in [2.24, 2.45) is 5.92 Å². The predicted molar refractivity (Wildman–Crippen MR) is 157 cm³/mol. The number of nitrogens with zero attached hydrogens (tertiary/aromatic N) is 1. The third-order valence-corrected chi connectivity index (χ3v) is 7.83. The number of nitrogens with one attached hydrogen (secondary N) is 3. The maximum atomic E-state index is 13.5. The molecule has 0 bridgehead atoms. The van der Waals surface area contributed by atoms with Gasteiger partial charge in [0.05, 0.1) is 18.4 Å². The Bertz CT molecular complexity index is 1410. The van der Waals surface area contributed by atoms with E-state index in [1.165, 1.54) is 19.1 Å². The lowest BCUT2D eigenvalue weighted by Gasteiger charge is -2.39. The molecule has 2 heterocycles. The fourth-order valence-electron chi connectivity index (χ4n) is 5.64. The van der Waals surface area contributed by atoms with Crippen LogP contribution in [0.15, 0.2) is 65.9 Å². The number of hydrogen-bond acceptors (Lipinski definition) is 5. The van der Waals surface area contributed by atoms with Crippen molar-refractivity contribution in [3.8, 4) is 0 Å². The highest BCUT2D eigenvalue weighted by Gasteiger charge is 2.39. The molecule has 2 aliphatic carbocycles. The lowest BCUT2D eigenvalue weighted by atomic mass is 9.84. The fourth-order valence-corrected chi connectivity index (χ4v) is 5.81. The Hall–Kier alpha value is -3.56. The summed E-state index contributed by atoms with van der Waals surface area (Å²) in [7, 11) is 0. The third kappa shape index (κ3) is 7.21. The average molecular weight is 583 g/mol. The van der Waals surface area contributed by atoms with Crippen molar-refractivity contribution in [2.75, 3.05) is 32.8 Å². The first-order valence-electron chi connectivity index (χ1n) is 14.2. The minimum absolute atomic E-state index is 0.0336. The molecule has 8 nitrogen and oxygen atoms in total. The molecule has 1 aliphatic heterocycles. The van der Waals surface area contributed by atoms with Crippen molar-refractivity contribution in [1.82, 2.24) is 20.5 Å². The van der Waals surface area contributed by atoms with E-state index in [2.05, 4.69) is 21.7 Å². The van der Waals surface area contributed by atoms with E-state index in [1.54, 1.807) is 4.90 Å². The quantitative estimate of drug-likeness (QED) is 0.300. The van der Waals surface area contributed by atoms with Gasteiger partial charge in [0.25, 0.3) is 0 Å². The average Bonchev–Trinajstić information content (AvgIpc) is 3.33. The van der Waals surface area contributed by atoms with Gasteiger partial charge < -0.3 is 25.1 Å². The summed E-state index contributed by atoms with van der Waals surface area (Å²) >= 11 is 6.34. The number of ether oxygens (including phenoxy) is 2. The van der Waals surface area contributed by atoms with Crippen molar-refractivity contribution >= 4 is 34.5 Å². The zero-order valence-electron chi connectivity index (χ0n) is 23.2. The summed E-state index contributed by atoms with van der Waals surface area (Å²) in [5, 5.41) is 7.79. The lowest BCUT2D eigenvalue weighted by molar-refractivity contribution is -0.118. The fraction of sp³-hybridized carbons (Fsp3) is 0.419. The van der Waals surface area contributed by atoms with Gasteiger partial charge in [-0.25, -0.2) is 9.18 Å². The lowest BCUT2D eigenvalue weighted by Crippen LogP contribution is -2.43. The van der Waals surface area contributed by atoms with E-state index in [4.69, 9.17) is 21.1 Å². The molecule has 1 aromatic heterocycles. The summed E-state index contributed by atoms with van der Waals surface area (Å²) in [5.74, 6) is 1.05. The van der Waals surface area contributed by atoms with Gasteiger partial charge in [-0.2, -0.15) is 0 Å². The number of halogens is 2. The number of aromatic nitrogens is 1. The Morgan fingerprint density at radius 1 is 1.12 bits per heavy atom. The van der Waals surface area contributed by atoms with Crippen LogP contribution in [0.5, 0.6) is 0 Å². The molecule has 1 aromatic carbocycles. The highest BCUT2D eigenvalue weighted by Crippen LogP contribution is 2.43. The molecule has 0 spiro atoms. The van der Waals surface area contributed by atoms with Gasteiger partial charge in [0, 0.05) is 73.4 Å². The molecule has 218 valence electrons. The first-order valence-corrected chi connectivity index (χ1v) is 14.6. The molecule has 0 saturated heterocycles. The number of H-pyrrole nitrogens is 1. The summed E-state index contributed by atoms with van der Waals surface area (Å²) in [6.45, 7) is 4.64. The Labute approximate surface area is 244 Å². The SMILES string of the molecule is CC(=O)NCCNCCCOC1=CC=CC(C2c3[nH]c4ccc(Cl)cc4c3CCN2C(=O)OC2=CC=C(F)CC2)C1. The second kappa shape index (κ2) is 13.4. The van der Waals surface area contributed by atoms with Crippen LogP contribution in [-0.2, 0) is 20.7 Å². The Kier molecular flexibility index (Phi) is 9.46. The van der Waals surface area contributed by atoms with E-state index < -0.39 is 6.09 Å². The maximum Gasteiger partial charge on any atom is 0.415 e. The van der Waals surface area contributed by atoms with Gasteiger partial charge in [-0.15, -0.1) is 0 Å². The molecular weight excluding hydrogens is 547 g/mol. The number of fused-ring (bicyclic) bond motifs is 3. The summed E-state index contributed by atoms with van der Waals surface area (Å²) in [6, 6.07) is 5.51. The third-order valence-electron chi connectivity index (χ3n) is 7.59. The highest BCUT2D eigenvalue weighted by molar-refractivity contribution is 6.31. The largest absolute Gasteiger partial charge is 0.498 e. The molecular formula is C31H36ClFN4O4. The first-order chi connectivity index (χ1) is 19.9. The van der Waals surface area contributed by atoms with Crippen LogP contribution in [0, 0.1) is 5.92 Å². The number of carbonyl (C=O) groups excluding carboxylic acids is 2. The molecule has 2 unspecified atom stereocenters. The Morgan fingerprint density at radius 3 is 2.80 bits per heavy atom. The highest BCUT2D eigenvalue weighted by atomic mass is 35.5. The van der Waals surface area contributed by atoms with Gasteiger partial charge in [-0.1, -0.05) is 23.8 Å². The van der Waals surface area contributed by atoms with Crippen molar-refractivity contribution in [3.05, 3.63) is 82.2 Å². The predicted octanol–water partition coefficient (Wildman–Crippen LogP) is 5.98. The van der Waals surface area contributed by atoms with Crippen LogP contribution in [0.3, 0.4) is 0 Å². The molecule has 10 heteroatoms. The molecule has 5 rings (SSSR count). The summed E-state index contributed by atoms with van der Waals surface area (Å²) in [4.78, 5) is 29.8. The van der Waals surface area contributed by atoms with Crippen LogP contribution in [0.2, 0.25) is 5.02 Å². The minimum Gasteiger partial charge on any atom is -0.498 e. The smallest absolute Gasteiger partial charge is 0.415 e. The first kappa shape index (κ1) is 29.0. The van der Waals surface area contributed by atoms with Gasteiger partial charge in [-0.3, -0.25) is 9.69 Å². The van der Waals surface area contributed by atoms with E-state index in [1.807, 2.05) is 30.4 Å². The molecule has 0 radical (unpaired) electrons. The van der Waals surface area contributed by atoms with Gasteiger partial charge in [0.1, 0.15) is 11.6 Å². The van der Waals surface area contributed by atoms with Crippen molar-refractivity contribution < 1.29 is 23.5 Å². The van der Waals surface area contributed by atoms with Crippen LogP contribution in [0.1, 0.15) is 49.9 Å². The van der Waals surface area contributed by atoms with Gasteiger partial charge >= 0.3 is 6.09 Å². The van der Waals surface area contributed by atoms with Crippen LogP contribution in [0.4, 0.5) is 9.18 Å². The zero-order valence-corrected chi connectivity index (χ0v) is 23.9. The number of allylic oxidation sites excluding steroid dienone is 7. The zero-order chi connectivity index (χ0) is 28.8.